The Bertz CT molecular complexity index is 981. The fraction of sp³-hybridized carbons (Fsp3) is 0.125. The predicted octanol–water partition coefficient (Wildman–Crippen LogP) is 3.55. The zero-order valence-corrected chi connectivity index (χ0v) is 12.9. The summed E-state index contributed by atoms with van der Waals surface area (Å²) in [6, 6.07) is 7.79. The van der Waals surface area contributed by atoms with Gasteiger partial charge < -0.3 is 9.73 Å². The van der Waals surface area contributed by atoms with E-state index in [1.807, 2.05) is 0 Å². The number of rotatable bonds is 4. The molecule has 0 bridgehead atoms. The maximum atomic E-state index is 13.1. The number of halogens is 3. The molecule has 24 heavy (non-hydrogen) atoms. The summed E-state index contributed by atoms with van der Waals surface area (Å²) in [4.78, 5) is 23.7. The van der Waals surface area contributed by atoms with Crippen molar-refractivity contribution in [2.75, 3.05) is 5.32 Å². The number of nitrogens with one attached hydrogen (secondary N) is 1. The van der Waals surface area contributed by atoms with Crippen LogP contribution < -0.4 is 11.1 Å². The third kappa shape index (κ3) is 3.30. The number of aromatic nitrogens is 1. The molecule has 3 rings (SSSR count). The third-order valence-corrected chi connectivity index (χ3v) is 3.63. The fourth-order valence-corrected chi connectivity index (χ4v) is 2.42. The minimum atomic E-state index is -1.05. The summed E-state index contributed by atoms with van der Waals surface area (Å²) in [7, 11) is 0. The van der Waals surface area contributed by atoms with Gasteiger partial charge in [0.25, 0.3) is 0 Å². The largest absolute Gasteiger partial charge is 0.419 e. The minimum Gasteiger partial charge on any atom is -0.408 e. The molecule has 0 saturated carbocycles. The number of oxazole rings is 1. The third-order valence-electron chi connectivity index (χ3n) is 3.40. The number of anilines is 1. The Hall–Kier alpha value is -2.67. The number of nitrogens with zero attached hydrogens (tertiary/aromatic N) is 1. The van der Waals surface area contributed by atoms with E-state index in [2.05, 4.69) is 5.32 Å². The van der Waals surface area contributed by atoms with Crippen LogP contribution in [0.3, 0.4) is 0 Å². The highest BCUT2D eigenvalue weighted by Crippen LogP contribution is 2.19. The van der Waals surface area contributed by atoms with E-state index in [0.29, 0.717) is 16.1 Å². The summed E-state index contributed by atoms with van der Waals surface area (Å²) in [5.41, 5.74) is 0.980. The van der Waals surface area contributed by atoms with Gasteiger partial charge in [-0.05, 0) is 24.3 Å². The van der Waals surface area contributed by atoms with Gasteiger partial charge in [0.05, 0.1) is 5.52 Å². The van der Waals surface area contributed by atoms with E-state index in [1.165, 1.54) is 16.7 Å². The SMILES string of the molecule is O=C(CCn1c(=O)oc2cc(Cl)ccc21)Nc1ccc(F)c(F)c1. The Morgan fingerprint density at radius 1 is 1.17 bits per heavy atom. The van der Waals surface area contributed by atoms with Crippen LogP contribution in [0.4, 0.5) is 14.5 Å². The summed E-state index contributed by atoms with van der Waals surface area (Å²) in [6.45, 7) is 0.0724. The molecule has 0 unspecified atom stereocenters. The molecule has 2 aromatic carbocycles. The first-order chi connectivity index (χ1) is 11.4. The van der Waals surface area contributed by atoms with E-state index in [0.717, 1.165) is 12.1 Å². The zero-order valence-electron chi connectivity index (χ0n) is 12.2. The first kappa shape index (κ1) is 16.2. The lowest BCUT2D eigenvalue weighted by Gasteiger charge is -2.06. The Balaban J connectivity index is 1.71. The molecule has 0 radical (unpaired) electrons. The van der Waals surface area contributed by atoms with Crippen LogP contribution in [0, 0.1) is 11.6 Å². The van der Waals surface area contributed by atoms with E-state index in [1.54, 1.807) is 12.1 Å². The van der Waals surface area contributed by atoms with Crippen LogP contribution in [0.15, 0.2) is 45.6 Å². The van der Waals surface area contributed by atoms with E-state index < -0.39 is 23.3 Å². The number of benzene rings is 2. The highest BCUT2D eigenvalue weighted by Gasteiger charge is 2.12. The second-order valence-corrected chi connectivity index (χ2v) is 5.50. The molecular weight excluding hydrogens is 342 g/mol. The number of amides is 1. The number of carbonyl (C=O) groups is 1. The number of hydrogen-bond acceptors (Lipinski definition) is 3. The highest BCUT2D eigenvalue weighted by atomic mass is 35.5. The minimum absolute atomic E-state index is 0.0455. The quantitative estimate of drug-likeness (QED) is 0.781. The zero-order chi connectivity index (χ0) is 17.3. The van der Waals surface area contributed by atoms with E-state index in [4.69, 9.17) is 16.0 Å². The molecular formula is C16H11ClF2N2O3. The van der Waals surface area contributed by atoms with Gasteiger partial charge in [-0.15, -0.1) is 0 Å². The second-order valence-electron chi connectivity index (χ2n) is 5.06. The molecule has 0 aliphatic heterocycles. The van der Waals surface area contributed by atoms with E-state index >= 15 is 0 Å². The standard InChI is InChI=1S/C16H11ClF2N2O3/c17-9-1-4-13-14(7-9)24-16(23)21(13)6-5-15(22)20-10-2-3-11(18)12(19)8-10/h1-4,7-8H,5-6H2,(H,20,22). The van der Waals surface area contributed by atoms with Crippen LogP contribution in [0.2, 0.25) is 5.02 Å². The van der Waals surface area contributed by atoms with Crippen molar-refractivity contribution in [3.05, 3.63) is 63.6 Å². The Kier molecular flexibility index (Phi) is 4.35. The van der Waals surface area contributed by atoms with Crippen LogP contribution in [-0.4, -0.2) is 10.5 Å². The van der Waals surface area contributed by atoms with Gasteiger partial charge in [-0.2, -0.15) is 0 Å². The van der Waals surface area contributed by atoms with Crippen LogP contribution >= 0.6 is 11.6 Å². The topological polar surface area (TPSA) is 64.2 Å². The number of carbonyl (C=O) groups excluding carboxylic acids is 1. The number of fused-ring (bicyclic) bond motifs is 1. The van der Waals surface area contributed by atoms with Crippen molar-refractivity contribution in [2.45, 2.75) is 13.0 Å². The maximum Gasteiger partial charge on any atom is 0.419 e. The van der Waals surface area contributed by atoms with E-state index in [9.17, 15) is 18.4 Å². The number of aryl methyl sites for hydroxylation is 1. The lowest BCUT2D eigenvalue weighted by molar-refractivity contribution is -0.116. The number of hydrogen-bond donors (Lipinski definition) is 1. The second kappa shape index (κ2) is 6.45. The molecule has 8 heteroatoms. The van der Waals surface area contributed by atoms with Crippen molar-refractivity contribution in [1.82, 2.24) is 4.57 Å². The van der Waals surface area contributed by atoms with Crippen LogP contribution in [-0.2, 0) is 11.3 Å². The molecule has 0 saturated heterocycles. The van der Waals surface area contributed by atoms with Crippen molar-refractivity contribution in [3.63, 3.8) is 0 Å². The lowest BCUT2D eigenvalue weighted by Crippen LogP contribution is -2.19. The van der Waals surface area contributed by atoms with Gasteiger partial charge in [0.2, 0.25) is 5.91 Å². The van der Waals surface area contributed by atoms with Crippen molar-refractivity contribution >= 4 is 34.3 Å². The molecule has 1 N–H and O–H groups in total. The molecule has 1 amide bonds. The van der Waals surface area contributed by atoms with Crippen molar-refractivity contribution < 1.29 is 18.0 Å². The highest BCUT2D eigenvalue weighted by molar-refractivity contribution is 6.31. The van der Waals surface area contributed by atoms with Gasteiger partial charge in [0.1, 0.15) is 0 Å². The lowest BCUT2D eigenvalue weighted by atomic mass is 10.3. The van der Waals surface area contributed by atoms with Gasteiger partial charge in [0, 0.05) is 35.8 Å². The molecule has 124 valence electrons. The predicted molar refractivity (Wildman–Crippen MR) is 85.1 cm³/mol. The van der Waals surface area contributed by atoms with Crippen LogP contribution in [0.1, 0.15) is 6.42 Å². The van der Waals surface area contributed by atoms with Crippen LogP contribution in [0.25, 0.3) is 11.1 Å². The first-order valence-corrected chi connectivity index (χ1v) is 7.35. The monoisotopic (exact) mass is 352 g/mol. The molecule has 0 atom stereocenters. The maximum absolute atomic E-state index is 13.1. The average molecular weight is 353 g/mol. The van der Waals surface area contributed by atoms with Gasteiger partial charge in [0.15, 0.2) is 17.2 Å². The Labute approximate surface area is 139 Å². The molecule has 1 heterocycles. The van der Waals surface area contributed by atoms with Crippen molar-refractivity contribution in [3.8, 4) is 0 Å². The average Bonchev–Trinajstić information content (AvgIpc) is 2.83. The summed E-state index contributed by atoms with van der Waals surface area (Å²) < 4.78 is 32.3. The van der Waals surface area contributed by atoms with Gasteiger partial charge in [-0.1, -0.05) is 11.6 Å². The van der Waals surface area contributed by atoms with E-state index in [-0.39, 0.29) is 18.7 Å². The van der Waals surface area contributed by atoms with Crippen molar-refractivity contribution in [2.24, 2.45) is 0 Å². The Morgan fingerprint density at radius 2 is 1.96 bits per heavy atom. The summed E-state index contributed by atoms with van der Waals surface area (Å²) in [5.74, 6) is -3.10. The Morgan fingerprint density at radius 3 is 2.71 bits per heavy atom. The summed E-state index contributed by atoms with van der Waals surface area (Å²) in [6.07, 6.45) is -0.0455. The molecule has 1 aromatic heterocycles. The molecule has 5 nitrogen and oxygen atoms in total. The first-order valence-electron chi connectivity index (χ1n) is 6.98. The fourth-order valence-electron chi connectivity index (χ4n) is 2.26. The summed E-state index contributed by atoms with van der Waals surface area (Å²) >= 11 is 5.83. The van der Waals surface area contributed by atoms with Crippen molar-refractivity contribution in [1.29, 1.82) is 0 Å². The van der Waals surface area contributed by atoms with Gasteiger partial charge in [-0.3, -0.25) is 9.36 Å². The van der Waals surface area contributed by atoms with Gasteiger partial charge in [-0.25, -0.2) is 13.6 Å². The van der Waals surface area contributed by atoms with Gasteiger partial charge >= 0.3 is 5.76 Å². The molecule has 0 aliphatic carbocycles. The molecule has 0 fully saturated rings. The normalized spacial score (nSPS) is 11.0. The molecule has 0 spiro atoms. The molecule has 0 aliphatic rings. The molecule has 3 aromatic rings. The van der Waals surface area contributed by atoms with Crippen LogP contribution in [0.5, 0.6) is 0 Å². The summed E-state index contributed by atoms with van der Waals surface area (Å²) in [5, 5.41) is 2.87. The smallest absolute Gasteiger partial charge is 0.408 e.